The average Bonchev–Trinajstić information content (AvgIpc) is 2.72. The third kappa shape index (κ3) is 5.16. The maximum atomic E-state index is 13.2. The van der Waals surface area contributed by atoms with Crippen LogP contribution in [0.3, 0.4) is 0 Å². The van der Waals surface area contributed by atoms with Gasteiger partial charge in [0.1, 0.15) is 6.54 Å². The number of carbonyl (C=O) groups is 1. The first-order chi connectivity index (χ1) is 13.9. The Kier molecular flexibility index (Phi) is 6.56. The molecular weight excluding hydrogens is 408 g/mol. The number of rotatable bonds is 7. The third-order valence-electron chi connectivity index (χ3n) is 4.34. The number of nitrogens with one attached hydrogen (secondary N) is 1. The van der Waals surface area contributed by atoms with Crippen molar-refractivity contribution >= 4 is 33.2 Å². The summed E-state index contributed by atoms with van der Waals surface area (Å²) in [5.41, 5.74) is 2.09. The molecule has 3 rings (SSSR count). The molecule has 0 radical (unpaired) electrons. The van der Waals surface area contributed by atoms with Crippen LogP contribution in [0.15, 0.2) is 83.8 Å². The molecule has 3 aromatic rings. The van der Waals surface area contributed by atoms with Crippen LogP contribution in [0.4, 0.5) is 5.69 Å². The fourth-order valence-electron chi connectivity index (χ4n) is 2.84. The molecule has 0 aliphatic rings. The van der Waals surface area contributed by atoms with E-state index < -0.39 is 15.9 Å². The Labute approximate surface area is 176 Å². The standard InChI is InChI=1S/C22H21ClN2O3S/c1-17-8-7-10-19(14-17)25(29(27,28)20-11-3-2-4-12-20)16-22(26)24-15-18-9-5-6-13-21(18)23/h2-14H,15-16H2,1H3,(H,24,26). The Morgan fingerprint density at radius 1 is 0.966 bits per heavy atom. The van der Waals surface area contributed by atoms with Crippen molar-refractivity contribution < 1.29 is 13.2 Å². The van der Waals surface area contributed by atoms with E-state index in [0.717, 1.165) is 15.4 Å². The van der Waals surface area contributed by atoms with Gasteiger partial charge in [-0.1, -0.05) is 60.1 Å². The zero-order chi connectivity index (χ0) is 20.9. The molecule has 0 unspecified atom stereocenters. The van der Waals surface area contributed by atoms with Crippen LogP contribution in [0.2, 0.25) is 5.02 Å². The summed E-state index contributed by atoms with van der Waals surface area (Å²) in [6.45, 7) is 1.74. The van der Waals surface area contributed by atoms with Crippen LogP contribution in [0.25, 0.3) is 0 Å². The molecule has 0 aliphatic heterocycles. The SMILES string of the molecule is Cc1cccc(N(CC(=O)NCc2ccccc2Cl)S(=O)(=O)c2ccccc2)c1. The lowest BCUT2D eigenvalue weighted by molar-refractivity contribution is -0.119. The van der Waals surface area contributed by atoms with Crippen LogP contribution in [0.1, 0.15) is 11.1 Å². The van der Waals surface area contributed by atoms with Gasteiger partial charge in [-0.2, -0.15) is 0 Å². The molecule has 1 N–H and O–H groups in total. The van der Waals surface area contributed by atoms with Crippen molar-refractivity contribution in [2.75, 3.05) is 10.8 Å². The number of nitrogens with zero attached hydrogens (tertiary/aromatic N) is 1. The summed E-state index contributed by atoms with van der Waals surface area (Å²) in [4.78, 5) is 12.7. The largest absolute Gasteiger partial charge is 0.350 e. The van der Waals surface area contributed by atoms with Crippen molar-refractivity contribution in [2.45, 2.75) is 18.4 Å². The van der Waals surface area contributed by atoms with E-state index in [4.69, 9.17) is 11.6 Å². The zero-order valence-electron chi connectivity index (χ0n) is 15.9. The third-order valence-corrected chi connectivity index (χ3v) is 6.50. The van der Waals surface area contributed by atoms with Gasteiger partial charge < -0.3 is 5.32 Å². The minimum atomic E-state index is -3.91. The molecule has 0 bridgehead atoms. The molecule has 0 heterocycles. The van der Waals surface area contributed by atoms with Crippen LogP contribution in [0, 0.1) is 6.92 Å². The molecule has 1 amide bonds. The van der Waals surface area contributed by atoms with E-state index in [2.05, 4.69) is 5.32 Å². The highest BCUT2D eigenvalue weighted by Gasteiger charge is 2.27. The quantitative estimate of drug-likeness (QED) is 0.614. The molecule has 0 aliphatic carbocycles. The van der Waals surface area contributed by atoms with E-state index in [1.807, 2.05) is 25.1 Å². The Balaban J connectivity index is 1.86. The van der Waals surface area contributed by atoms with Crippen LogP contribution >= 0.6 is 11.6 Å². The molecular formula is C22H21ClN2O3S. The van der Waals surface area contributed by atoms with Crippen molar-refractivity contribution in [3.05, 3.63) is 95.0 Å². The predicted octanol–water partition coefficient (Wildman–Crippen LogP) is 4.16. The maximum absolute atomic E-state index is 13.2. The number of aryl methyl sites for hydroxylation is 1. The first-order valence-corrected chi connectivity index (χ1v) is 10.8. The van der Waals surface area contributed by atoms with Crippen molar-refractivity contribution in [3.8, 4) is 0 Å². The number of hydrogen-bond donors (Lipinski definition) is 1. The monoisotopic (exact) mass is 428 g/mol. The van der Waals surface area contributed by atoms with Gasteiger partial charge in [0.2, 0.25) is 5.91 Å². The maximum Gasteiger partial charge on any atom is 0.264 e. The van der Waals surface area contributed by atoms with Crippen LogP contribution in [-0.2, 0) is 21.4 Å². The van der Waals surface area contributed by atoms with Crippen LogP contribution < -0.4 is 9.62 Å². The lowest BCUT2D eigenvalue weighted by Gasteiger charge is -2.24. The molecule has 0 spiro atoms. The highest BCUT2D eigenvalue weighted by molar-refractivity contribution is 7.92. The lowest BCUT2D eigenvalue weighted by atomic mass is 10.2. The fourth-order valence-corrected chi connectivity index (χ4v) is 4.48. The smallest absolute Gasteiger partial charge is 0.264 e. The Morgan fingerprint density at radius 3 is 2.34 bits per heavy atom. The highest BCUT2D eigenvalue weighted by atomic mass is 35.5. The number of amides is 1. The highest BCUT2D eigenvalue weighted by Crippen LogP contribution is 2.24. The van der Waals surface area contributed by atoms with Gasteiger partial charge in [-0.15, -0.1) is 0 Å². The summed E-state index contributed by atoms with van der Waals surface area (Å²) >= 11 is 6.12. The summed E-state index contributed by atoms with van der Waals surface area (Å²) in [6, 6.07) is 22.3. The van der Waals surface area contributed by atoms with E-state index in [0.29, 0.717) is 10.7 Å². The number of halogens is 1. The van der Waals surface area contributed by atoms with Gasteiger partial charge in [-0.05, 0) is 48.4 Å². The lowest BCUT2D eigenvalue weighted by Crippen LogP contribution is -2.40. The van der Waals surface area contributed by atoms with Crippen molar-refractivity contribution in [3.63, 3.8) is 0 Å². The van der Waals surface area contributed by atoms with E-state index in [-0.39, 0.29) is 18.0 Å². The number of carbonyl (C=O) groups excluding carboxylic acids is 1. The minimum absolute atomic E-state index is 0.125. The van der Waals surface area contributed by atoms with Crippen molar-refractivity contribution in [1.29, 1.82) is 0 Å². The second-order valence-corrected chi connectivity index (χ2v) is 8.80. The Bertz CT molecular complexity index is 1100. The zero-order valence-corrected chi connectivity index (χ0v) is 17.5. The summed E-state index contributed by atoms with van der Waals surface area (Å²) in [5, 5.41) is 3.29. The Hall–Kier alpha value is -2.83. The van der Waals surface area contributed by atoms with Gasteiger partial charge in [0.15, 0.2) is 0 Å². The molecule has 0 atom stereocenters. The second kappa shape index (κ2) is 9.11. The van der Waals surface area contributed by atoms with E-state index in [9.17, 15) is 13.2 Å². The summed E-state index contributed by atoms with van der Waals surface area (Å²) < 4.78 is 27.6. The average molecular weight is 429 g/mol. The molecule has 7 heteroatoms. The van der Waals surface area contributed by atoms with Gasteiger partial charge in [0.25, 0.3) is 10.0 Å². The van der Waals surface area contributed by atoms with Crippen molar-refractivity contribution in [2.24, 2.45) is 0 Å². The van der Waals surface area contributed by atoms with E-state index >= 15 is 0 Å². The van der Waals surface area contributed by atoms with Crippen molar-refractivity contribution in [1.82, 2.24) is 5.32 Å². The number of benzene rings is 3. The van der Waals surface area contributed by atoms with Gasteiger partial charge in [0, 0.05) is 11.6 Å². The molecule has 150 valence electrons. The van der Waals surface area contributed by atoms with Gasteiger partial charge in [-0.3, -0.25) is 9.10 Å². The molecule has 3 aromatic carbocycles. The minimum Gasteiger partial charge on any atom is -0.350 e. The van der Waals surface area contributed by atoms with E-state index in [1.165, 1.54) is 12.1 Å². The van der Waals surface area contributed by atoms with Crippen LogP contribution in [0.5, 0.6) is 0 Å². The predicted molar refractivity (Wildman–Crippen MR) is 115 cm³/mol. The molecule has 0 aromatic heterocycles. The van der Waals surface area contributed by atoms with Gasteiger partial charge in [0.05, 0.1) is 10.6 Å². The summed E-state index contributed by atoms with van der Waals surface area (Å²) in [7, 11) is -3.91. The molecule has 0 fully saturated rings. The van der Waals surface area contributed by atoms with E-state index in [1.54, 1.807) is 48.5 Å². The number of anilines is 1. The summed E-state index contributed by atoms with van der Waals surface area (Å²) in [6.07, 6.45) is 0. The Morgan fingerprint density at radius 2 is 1.66 bits per heavy atom. The van der Waals surface area contributed by atoms with Gasteiger partial charge >= 0.3 is 0 Å². The normalized spacial score (nSPS) is 11.1. The molecule has 5 nitrogen and oxygen atoms in total. The number of sulfonamides is 1. The molecule has 0 saturated carbocycles. The first-order valence-electron chi connectivity index (χ1n) is 9.02. The second-order valence-electron chi connectivity index (χ2n) is 6.53. The number of hydrogen-bond acceptors (Lipinski definition) is 3. The topological polar surface area (TPSA) is 66.5 Å². The molecule has 29 heavy (non-hydrogen) atoms. The molecule has 0 saturated heterocycles. The fraction of sp³-hybridized carbons (Fsp3) is 0.136. The van der Waals surface area contributed by atoms with Crippen LogP contribution in [-0.4, -0.2) is 20.9 Å². The summed E-state index contributed by atoms with van der Waals surface area (Å²) in [5.74, 6) is -0.425. The van der Waals surface area contributed by atoms with Gasteiger partial charge in [-0.25, -0.2) is 8.42 Å². The first kappa shape index (κ1) is 20.9.